The fourth-order valence-corrected chi connectivity index (χ4v) is 3.68. The minimum absolute atomic E-state index is 0.0211. The van der Waals surface area contributed by atoms with Crippen LogP contribution in [0.4, 0.5) is 11.4 Å². The second-order valence-electron chi connectivity index (χ2n) is 6.23. The normalized spacial score (nSPS) is 17.9. The van der Waals surface area contributed by atoms with E-state index in [1.807, 2.05) is 0 Å². The summed E-state index contributed by atoms with van der Waals surface area (Å²) in [5.74, 6) is -1.01. The van der Waals surface area contributed by atoms with Gasteiger partial charge in [-0.25, -0.2) is 9.79 Å². The van der Waals surface area contributed by atoms with E-state index in [9.17, 15) is 14.4 Å². The van der Waals surface area contributed by atoms with Gasteiger partial charge in [-0.3, -0.25) is 14.5 Å². The van der Waals surface area contributed by atoms with Crippen LogP contribution in [0.15, 0.2) is 53.5 Å². The highest BCUT2D eigenvalue weighted by Crippen LogP contribution is 2.29. The lowest BCUT2D eigenvalue weighted by molar-refractivity contribution is -0.128. The number of carbonyl (C=O) groups excluding carboxylic acids is 2. The number of aliphatic imine (C=N–C) groups is 1. The van der Waals surface area contributed by atoms with Gasteiger partial charge in [0.25, 0.3) is 0 Å². The standard InChI is InChI=1S/C20H19N3O5S/c1-23-17(24)11-16(18(25)21-14-5-3-4-12(10-14)19(26)27)29-20(23)22-13-6-8-15(28-2)9-7-13/h3-10,16H,11H2,1-2H3,(H,21,25)(H,26,27)/t16-/m1/s1. The number of amides is 2. The number of hydrogen-bond acceptors (Lipinski definition) is 6. The number of carboxylic acid groups (broad SMARTS) is 1. The molecule has 2 aromatic carbocycles. The summed E-state index contributed by atoms with van der Waals surface area (Å²) >= 11 is 1.18. The Morgan fingerprint density at radius 3 is 2.62 bits per heavy atom. The second-order valence-corrected chi connectivity index (χ2v) is 7.40. The van der Waals surface area contributed by atoms with Crippen molar-refractivity contribution < 1.29 is 24.2 Å². The molecule has 1 saturated heterocycles. The molecule has 29 heavy (non-hydrogen) atoms. The predicted molar refractivity (Wildman–Crippen MR) is 111 cm³/mol. The van der Waals surface area contributed by atoms with Crippen molar-refractivity contribution in [1.29, 1.82) is 0 Å². The van der Waals surface area contributed by atoms with Gasteiger partial charge in [-0.15, -0.1) is 0 Å². The first-order chi connectivity index (χ1) is 13.9. The number of nitrogens with one attached hydrogen (secondary N) is 1. The third-order valence-electron chi connectivity index (χ3n) is 4.24. The molecule has 1 fully saturated rings. The Hall–Kier alpha value is -3.33. The zero-order valence-corrected chi connectivity index (χ0v) is 16.6. The third-order valence-corrected chi connectivity index (χ3v) is 5.48. The number of nitrogens with zero attached hydrogens (tertiary/aromatic N) is 2. The maximum absolute atomic E-state index is 12.7. The van der Waals surface area contributed by atoms with Crippen LogP contribution in [-0.4, -0.2) is 52.4 Å². The highest BCUT2D eigenvalue weighted by molar-refractivity contribution is 8.15. The number of ether oxygens (including phenoxy) is 1. The van der Waals surface area contributed by atoms with Crippen molar-refractivity contribution in [3.63, 3.8) is 0 Å². The predicted octanol–water partition coefficient (Wildman–Crippen LogP) is 2.98. The number of carboxylic acids is 1. The van der Waals surface area contributed by atoms with Crippen LogP contribution in [0.3, 0.4) is 0 Å². The van der Waals surface area contributed by atoms with Crippen molar-refractivity contribution in [3.05, 3.63) is 54.1 Å². The fraction of sp³-hybridized carbons (Fsp3) is 0.200. The molecule has 2 N–H and O–H groups in total. The Morgan fingerprint density at radius 1 is 1.24 bits per heavy atom. The molecule has 1 aliphatic rings. The molecule has 0 aromatic heterocycles. The summed E-state index contributed by atoms with van der Waals surface area (Å²) in [4.78, 5) is 42.0. The van der Waals surface area contributed by atoms with Gasteiger partial charge in [-0.1, -0.05) is 17.8 Å². The number of amidine groups is 1. The summed E-state index contributed by atoms with van der Waals surface area (Å²) < 4.78 is 5.12. The summed E-state index contributed by atoms with van der Waals surface area (Å²) in [6.45, 7) is 0. The zero-order chi connectivity index (χ0) is 21.0. The molecule has 0 aliphatic carbocycles. The molecule has 0 saturated carbocycles. The number of aromatic carboxylic acids is 1. The monoisotopic (exact) mass is 413 g/mol. The lowest BCUT2D eigenvalue weighted by Gasteiger charge is -2.28. The first kappa shape index (κ1) is 20.4. The van der Waals surface area contributed by atoms with E-state index in [4.69, 9.17) is 9.84 Å². The van der Waals surface area contributed by atoms with Crippen LogP contribution in [0, 0.1) is 0 Å². The first-order valence-corrected chi connectivity index (χ1v) is 9.55. The van der Waals surface area contributed by atoms with E-state index in [0.717, 1.165) is 0 Å². The fourth-order valence-electron chi connectivity index (χ4n) is 2.62. The molecule has 8 nitrogen and oxygen atoms in total. The third kappa shape index (κ3) is 4.94. The number of anilines is 1. The van der Waals surface area contributed by atoms with Crippen molar-refractivity contribution in [2.24, 2.45) is 4.99 Å². The lowest BCUT2D eigenvalue weighted by atomic mass is 10.2. The van der Waals surface area contributed by atoms with E-state index in [0.29, 0.717) is 22.3 Å². The SMILES string of the molecule is COc1ccc(N=C2S[C@@H](C(=O)Nc3cccc(C(=O)O)c3)CC(=O)N2C)cc1. The summed E-state index contributed by atoms with van der Waals surface area (Å²) in [5, 5.41) is 11.5. The van der Waals surface area contributed by atoms with E-state index in [-0.39, 0.29) is 23.8 Å². The maximum Gasteiger partial charge on any atom is 0.335 e. The topological polar surface area (TPSA) is 108 Å². The Morgan fingerprint density at radius 2 is 1.97 bits per heavy atom. The second kappa shape index (κ2) is 8.78. The molecular weight excluding hydrogens is 394 g/mol. The molecule has 1 aliphatic heterocycles. The summed E-state index contributed by atoms with van der Waals surface area (Å²) in [6, 6.07) is 13.0. The number of carbonyl (C=O) groups is 3. The molecule has 2 aromatic rings. The van der Waals surface area contributed by atoms with Crippen LogP contribution in [-0.2, 0) is 9.59 Å². The summed E-state index contributed by atoms with van der Waals surface area (Å²) in [5.41, 5.74) is 1.05. The Balaban J connectivity index is 1.76. The van der Waals surface area contributed by atoms with Crippen LogP contribution in [0.2, 0.25) is 0 Å². The van der Waals surface area contributed by atoms with Gasteiger partial charge in [0.1, 0.15) is 11.0 Å². The Bertz CT molecular complexity index is 974. The maximum atomic E-state index is 12.7. The van der Waals surface area contributed by atoms with Gasteiger partial charge in [0.15, 0.2) is 5.17 Å². The van der Waals surface area contributed by atoms with Gasteiger partial charge in [0, 0.05) is 19.2 Å². The van der Waals surface area contributed by atoms with Crippen molar-refractivity contribution in [2.45, 2.75) is 11.7 Å². The van der Waals surface area contributed by atoms with Crippen molar-refractivity contribution in [2.75, 3.05) is 19.5 Å². The van der Waals surface area contributed by atoms with Gasteiger partial charge < -0.3 is 15.2 Å². The van der Waals surface area contributed by atoms with Crippen molar-refractivity contribution in [1.82, 2.24) is 4.90 Å². The van der Waals surface area contributed by atoms with Crippen LogP contribution < -0.4 is 10.1 Å². The van der Waals surface area contributed by atoms with Crippen LogP contribution in [0.1, 0.15) is 16.8 Å². The van der Waals surface area contributed by atoms with Crippen molar-refractivity contribution >= 4 is 46.1 Å². The molecule has 3 rings (SSSR count). The first-order valence-electron chi connectivity index (χ1n) is 8.67. The minimum atomic E-state index is -1.08. The van der Waals surface area contributed by atoms with Crippen molar-refractivity contribution in [3.8, 4) is 5.75 Å². The molecule has 2 amide bonds. The molecule has 0 bridgehead atoms. The molecule has 150 valence electrons. The van der Waals surface area contributed by atoms with Gasteiger partial charge in [-0.2, -0.15) is 0 Å². The average molecular weight is 413 g/mol. The van der Waals surface area contributed by atoms with E-state index < -0.39 is 11.2 Å². The molecule has 0 unspecified atom stereocenters. The van der Waals surface area contributed by atoms with E-state index in [2.05, 4.69) is 10.3 Å². The minimum Gasteiger partial charge on any atom is -0.497 e. The van der Waals surface area contributed by atoms with Gasteiger partial charge >= 0.3 is 5.97 Å². The summed E-state index contributed by atoms with van der Waals surface area (Å²) in [6.07, 6.45) is 0.0211. The van der Waals surface area contributed by atoms with Gasteiger partial charge in [0.2, 0.25) is 11.8 Å². The number of rotatable bonds is 5. The molecular formula is C20H19N3O5S. The molecule has 0 radical (unpaired) electrons. The van der Waals surface area contributed by atoms with Crippen LogP contribution in [0.25, 0.3) is 0 Å². The quantitative estimate of drug-likeness (QED) is 0.780. The number of benzene rings is 2. The van der Waals surface area contributed by atoms with Gasteiger partial charge in [0.05, 0.1) is 18.4 Å². The largest absolute Gasteiger partial charge is 0.497 e. The van der Waals surface area contributed by atoms with Crippen LogP contribution in [0.5, 0.6) is 5.75 Å². The highest BCUT2D eigenvalue weighted by atomic mass is 32.2. The number of methoxy groups -OCH3 is 1. The smallest absolute Gasteiger partial charge is 0.335 e. The highest BCUT2D eigenvalue weighted by Gasteiger charge is 2.34. The molecule has 9 heteroatoms. The Labute approximate surface area is 171 Å². The molecule has 1 heterocycles. The number of hydrogen-bond donors (Lipinski definition) is 2. The van der Waals surface area contributed by atoms with E-state index in [1.54, 1.807) is 50.6 Å². The van der Waals surface area contributed by atoms with E-state index in [1.165, 1.54) is 28.8 Å². The number of thioether (sulfide) groups is 1. The molecule has 0 spiro atoms. The van der Waals surface area contributed by atoms with Gasteiger partial charge in [-0.05, 0) is 42.5 Å². The lowest BCUT2D eigenvalue weighted by Crippen LogP contribution is -2.43. The molecule has 1 atom stereocenters. The Kier molecular flexibility index (Phi) is 6.18. The van der Waals surface area contributed by atoms with Crippen LogP contribution >= 0.6 is 11.8 Å². The summed E-state index contributed by atoms with van der Waals surface area (Å²) in [7, 11) is 3.18. The van der Waals surface area contributed by atoms with E-state index >= 15 is 0 Å². The zero-order valence-electron chi connectivity index (χ0n) is 15.8. The average Bonchev–Trinajstić information content (AvgIpc) is 2.72.